The summed E-state index contributed by atoms with van der Waals surface area (Å²) in [6.07, 6.45) is 0.877. The van der Waals surface area contributed by atoms with Crippen molar-refractivity contribution >= 4 is 11.7 Å². The third-order valence-corrected chi connectivity index (χ3v) is 3.73. The summed E-state index contributed by atoms with van der Waals surface area (Å²) in [7, 11) is 6.94. The number of hydrogen-bond acceptors (Lipinski definition) is 5. The fraction of sp³-hybridized carbons (Fsp3) is 0.333. The van der Waals surface area contributed by atoms with Gasteiger partial charge in [-0.15, -0.1) is 0 Å². The predicted molar refractivity (Wildman–Crippen MR) is 93.5 cm³/mol. The van der Waals surface area contributed by atoms with Crippen LogP contribution >= 0.6 is 0 Å². The van der Waals surface area contributed by atoms with Crippen molar-refractivity contribution in [1.29, 1.82) is 0 Å². The Morgan fingerprint density at radius 3 is 2.46 bits per heavy atom. The number of aromatic nitrogens is 1. The summed E-state index contributed by atoms with van der Waals surface area (Å²) in [5.74, 6) is 1.15. The zero-order valence-electron chi connectivity index (χ0n) is 14.4. The first-order valence-electron chi connectivity index (χ1n) is 7.64. The van der Waals surface area contributed by atoms with Crippen molar-refractivity contribution in [2.45, 2.75) is 6.10 Å². The van der Waals surface area contributed by atoms with Crippen LogP contribution in [0.3, 0.4) is 0 Å². The molecule has 0 fully saturated rings. The van der Waals surface area contributed by atoms with Gasteiger partial charge >= 0.3 is 0 Å². The largest absolute Gasteiger partial charge is 0.497 e. The molecule has 0 saturated heterocycles. The maximum atomic E-state index is 12.7. The molecule has 24 heavy (non-hydrogen) atoms. The minimum Gasteiger partial charge on any atom is -0.497 e. The van der Waals surface area contributed by atoms with Gasteiger partial charge in [0.25, 0.3) is 5.91 Å². The molecule has 1 aromatic carbocycles. The number of aliphatic hydroxyl groups is 1. The highest BCUT2D eigenvalue weighted by Gasteiger charge is 2.20. The molecule has 6 nitrogen and oxygen atoms in total. The number of carbonyl (C=O) groups is 1. The van der Waals surface area contributed by atoms with Gasteiger partial charge in [-0.05, 0) is 29.8 Å². The first-order chi connectivity index (χ1) is 11.4. The third kappa shape index (κ3) is 4.02. The van der Waals surface area contributed by atoms with E-state index in [0.717, 1.165) is 11.3 Å². The molecule has 1 N–H and O–H groups in total. The molecule has 1 unspecified atom stereocenters. The number of nitrogens with zero attached hydrogens (tertiary/aromatic N) is 3. The second-order valence-electron chi connectivity index (χ2n) is 5.74. The van der Waals surface area contributed by atoms with E-state index >= 15 is 0 Å². The molecule has 0 aliphatic rings. The van der Waals surface area contributed by atoms with E-state index in [2.05, 4.69) is 4.98 Å². The Balaban J connectivity index is 2.11. The van der Waals surface area contributed by atoms with Crippen molar-refractivity contribution in [2.24, 2.45) is 0 Å². The molecule has 1 atom stereocenters. The van der Waals surface area contributed by atoms with Crippen LogP contribution in [0.4, 0.5) is 5.82 Å². The molecule has 0 radical (unpaired) electrons. The van der Waals surface area contributed by atoms with Crippen LogP contribution < -0.4 is 9.64 Å². The quantitative estimate of drug-likeness (QED) is 0.878. The second kappa shape index (κ2) is 7.79. The van der Waals surface area contributed by atoms with Crippen LogP contribution in [0.1, 0.15) is 22.0 Å². The lowest BCUT2D eigenvalue weighted by Crippen LogP contribution is -2.32. The van der Waals surface area contributed by atoms with Crippen LogP contribution in [0.2, 0.25) is 0 Å². The van der Waals surface area contributed by atoms with Gasteiger partial charge in [-0.1, -0.05) is 12.1 Å². The minimum atomic E-state index is -0.774. The van der Waals surface area contributed by atoms with Crippen molar-refractivity contribution in [3.05, 3.63) is 53.7 Å². The average Bonchev–Trinajstić information content (AvgIpc) is 2.60. The lowest BCUT2D eigenvalue weighted by atomic mass is 10.1. The summed E-state index contributed by atoms with van der Waals surface area (Å²) < 4.78 is 5.10. The summed E-state index contributed by atoms with van der Waals surface area (Å²) >= 11 is 0. The van der Waals surface area contributed by atoms with E-state index < -0.39 is 6.10 Å². The molecule has 0 spiro atoms. The smallest absolute Gasteiger partial charge is 0.257 e. The first-order valence-corrected chi connectivity index (χ1v) is 7.64. The molecular weight excluding hydrogens is 306 g/mol. The summed E-state index contributed by atoms with van der Waals surface area (Å²) in [6.45, 7) is 0.187. The number of rotatable bonds is 6. The highest BCUT2D eigenvalue weighted by molar-refractivity contribution is 5.98. The van der Waals surface area contributed by atoms with Crippen LogP contribution in [0.15, 0.2) is 42.6 Å². The topological polar surface area (TPSA) is 65.9 Å². The van der Waals surface area contributed by atoms with E-state index in [0.29, 0.717) is 11.4 Å². The number of anilines is 1. The molecular formula is C18H23N3O3. The average molecular weight is 329 g/mol. The van der Waals surface area contributed by atoms with Crippen LogP contribution in [0.25, 0.3) is 0 Å². The summed E-state index contributed by atoms with van der Waals surface area (Å²) in [4.78, 5) is 20.2. The number of hydrogen-bond donors (Lipinski definition) is 1. The Bertz CT molecular complexity index is 686. The first kappa shape index (κ1) is 17.7. The zero-order valence-corrected chi connectivity index (χ0v) is 14.4. The molecule has 0 aliphatic heterocycles. The van der Waals surface area contributed by atoms with Gasteiger partial charge in [0.2, 0.25) is 0 Å². The van der Waals surface area contributed by atoms with Crippen molar-refractivity contribution < 1.29 is 14.6 Å². The van der Waals surface area contributed by atoms with Gasteiger partial charge in [0.15, 0.2) is 0 Å². The number of likely N-dealkylation sites (N-methyl/N-ethyl adjacent to an activating group) is 1. The molecule has 2 rings (SSSR count). The van der Waals surface area contributed by atoms with E-state index in [-0.39, 0.29) is 12.5 Å². The van der Waals surface area contributed by atoms with E-state index in [4.69, 9.17) is 4.74 Å². The minimum absolute atomic E-state index is 0.181. The second-order valence-corrected chi connectivity index (χ2v) is 5.74. The van der Waals surface area contributed by atoms with Crippen LogP contribution in [-0.4, -0.2) is 55.7 Å². The summed E-state index contributed by atoms with van der Waals surface area (Å²) in [5, 5.41) is 10.4. The number of amides is 1. The molecule has 0 bridgehead atoms. The van der Waals surface area contributed by atoms with Gasteiger partial charge in [0, 0.05) is 27.3 Å². The third-order valence-electron chi connectivity index (χ3n) is 3.73. The number of carbonyl (C=O) groups excluding carboxylic acids is 1. The van der Waals surface area contributed by atoms with Gasteiger partial charge < -0.3 is 19.6 Å². The Morgan fingerprint density at radius 1 is 1.21 bits per heavy atom. The number of methoxy groups -OCH3 is 1. The maximum absolute atomic E-state index is 12.7. The highest BCUT2D eigenvalue weighted by Crippen LogP contribution is 2.20. The fourth-order valence-corrected chi connectivity index (χ4v) is 2.40. The van der Waals surface area contributed by atoms with E-state index in [9.17, 15) is 9.90 Å². The van der Waals surface area contributed by atoms with E-state index in [1.54, 1.807) is 61.7 Å². The number of benzene rings is 1. The monoisotopic (exact) mass is 329 g/mol. The van der Waals surface area contributed by atoms with Crippen molar-refractivity contribution in [3.63, 3.8) is 0 Å². The predicted octanol–water partition coefficient (Wildman–Crippen LogP) is 1.96. The molecule has 1 amide bonds. The Morgan fingerprint density at radius 2 is 1.88 bits per heavy atom. The Kier molecular flexibility index (Phi) is 5.76. The highest BCUT2D eigenvalue weighted by atomic mass is 16.5. The van der Waals surface area contributed by atoms with Crippen molar-refractivity contribution in [3.8, 4) is 5.75 Å². The molecule has 0 saturated carbocycles. The van der Waals surface area contributed by atoms with Gasteiger partial charge in [-0.2, -0.15) is 0 Å². The van der Waals surface area contributed by atoms with Gasteiger partial charge in [0.05, 0.1) is 25.3 Å². The molecule has 128 valence electrons. The number of pyridine rings is 1. The SMILES string of the molecule is COc1ccc(C(O)CN(C)C(=O)c2cccnc2N(C)C)cc1. The lowest BCUT2D eigenvalue weighted by molar-refractivity contribution is 0.0681. The lowest BCUT2D eigenvalue weighted by Gasteiger charge is -2.23. The van der Waals surface area contributed by atoms with Crippen LogP contribution in [-0.2, 0) is 0 Å². The number of aliphatic hydroxyl groups excluding tert-OH is 1. The Labute approximate surface area is 142 Å². The Hall–Kier alpha value is -2.60. The molecule has 0 aliphatic carbocycles. The van der Waals surface area contributed by atoms with Gasteiger partial charge in [0.1, 0.15) is 11.6 Å². The van der Waals surface area contributed by atoms with E-state index in [1.165, 1.54) is 4.90 Å². The zero-order chi connectivity index (χ0) is 17.7. The molecule has 1 aromatic heterocycles. The standard InChI is InChI=1S/C18H23N3O3/c1-20(2)17-15(6-5-11-19-17)18(23)21(3)12-16(22)13-7-9-14(24-4)10-8-13/h5-11,16,22H,12H2,1-4H3. The molecule has 2 aromatic rings. The molecule has 6 heteroatoms. The van der Waals surface area contributed by atoms with Crippen LogP contribution in [0, 0.1) is 0 Å². The summed E-state index contributed by atoms with van der Waals surface area (Å²) in [5.41, 5.74) is 1.24. The maximum Gasteiger partial charge on any atom is 0.257 e. The molecule has 1 heterocycles. The van der Waals surface area contributed by atoms with Gasteiger partial charge in [-0.25, -0.2) is 4.98 Å². The number of ether oxygens (including phenoxy) is 1. The fourth-order valence-electron chi connectivity index (χ4n) is 2.40. The van der Waals surface area contributed by atoms with E-state index in [1.807, 2.05) is 14.1 Å². The van der Waals surface area contributed by atoms with Gasteiger partial charge in [-0.3, -0.25) is 4.79 Å². The van der Waals surface area contributed by atoms with Crippen molar-refractivity contribution in [2.75, 3.05) is 39.7 Å². The van der Waals surface area contributed by atoms with Crippen molar-refractivity contribution in [1.82, 2.24) is 9.88 Å². The van der Waals surface area contributed by atoms with Crippen LogP contribution in [0.5, 0.6) is 5.75 Å². The summed E-state index contributed by atoms with van der Waals surface area (Å²) in [6, 6.07) is 10.6. The normalized spacial score (nSPS) is 11.7.